The van der Waals surface area contributed by atoms with Gasteiger partial charge in [-0.15, -0.1) is 0 Å². The summed E-state index contributed by atoms with van der Waals surface area (Å²) in [5.74, 6) is 0.512. The van der Waals surface area contributed by atoms with Crippen LogP contribution in [0.3, 0.4) is 0 Å². The molecule has 1 aromatic carbocycles. The van der Waals surface area contributed by atoms with Crippen molar-refractivity contribution in [2.75, 3.05) is 10.6 Å². The number of carbonyl (C=O) groups is 1. The number of hydrogen-bond donors (Lipinski definition) is 2. The Labute approximate surface area is 146 Å². The summed E-state index contributed by atoms with van der Waals surface area (Å²) in [5, 5.41) is 5.55. The first-order valence-electron chi connectivity index (χ1n) is 7.92. The molecule has 3 aromatic rings. The highest BCUT2D eigenvalue weighted by Crippen LogP contribution is 2.17. The summed E-state index contributed by atoms with van der Waals surface area (Å²) < 4.78 is 1.80. The molecule has 0 bridgehead atoms. The highest BCUT2D eigenvalue weighted by molar-refractivity contribution is 6.00. The predicted molar refractivity (Wildman–Crippen MR) is 97.2 cm³/mol. The number of aromatic nitrogens is 4. The lowest BCUT2D eigenvalue weighted by Crippen LogP contribution is -2.20. The number of urea groups is 1. The van der Waals surface area contributed by atoms with Crippen LogP contribution in [-0.2, 0) is 0 Å². The van der Waals surface area contributed by atoms with Crippen LogP contribution in [0.4, 0.5) is 16.2 Å². The maximum atomic E-state index is 12.1. The van der Waals surface area contributed by atoms with Gasteiger partial charge in [0.25, 0.3) is 0 Å². The number of amides is 2. The third-order valence-corrected chi connectivity index (χ3v) is 3.99. The van der Waals surface area contributed by atoms with E-state index in [0.29, 0.717) is 11.6 Å². The van der Waals surface area contributed by atoms with E-state index in [0.717, 1.165) is 28.2 Å². The lowest BCUT2D eigenvalue weighted by atomic mass is 10.1. The monoisotopic (exact) mass is 336 g/mol. The molecule has 2 amide bonds. The Hall–Kier alpha value is -3.22. The molecule has 0 saturated heterocycles. The summed E-state index contributed by atoms with van der Waals surface area (Å²) in [7, 11) is 0. The second kappa shape index (κ2) is 6.72. The van der Waals surface area contributed by atoms with E-state index in [1.807, 2.05) is 45.9 Å². The van der Waals surface area contributed by atoms with Crippen molar-refractivity contribution in [1.82, 2.24) is 19.5 Å². The summed E-state index contributed by atoms with van der Waals surface area (Å²) in [6.07, 6.45) is 4.82. The van der Waals surface area contributed by atoms with Gasteiger partial charge in [0.15, 0.2) is 0 Å². The zero-order valence-corrected chi connectivity index (χ0v) is 14.7. The van der Waals surface area contributed by atoms with Crippen LogP contribution in [0.25, 0.3) is 5.95 Å². The minimum Gasteiger partial charge on any atom is -0.307 e. The van der Waals surface area contributed by atoms with Gasteiger partial charge < -0.3 is 10.6 Å². The van der Waals surface area contributed by atoms with Crippen molar-refractivity contribution in [1.29, 1.82) is 0 Å². The number of benzene rings is 1. The quantitative estimate of drug-likeness (QED) is 0.766. The van der Waals surface area contributed by atoms with Crippen LogP contribution in [0, 0.1) is 27.7 Å². The van der Waals surface area contributed by atoms with Gasteiger partial charge >= 0.3 is 6.03 Å². The fraction of sp³-hybridized carbons (Fsp3) is 0.222. The molecule has 2 aromatic heterocycles. The number of hydrogen-bond acceptors (Lipinski definition) is 4. The molecule has 25 heavy (non-hydrogen) atoms. The molecule has 2 heterocycles. The van der Waals surface area contributed by atoms with Crippen LogP contribution >= 0.6 is 0 Å². The predicted octanol–water partition coefficient (Wildman–Crippen LogP) is 3.54. The van der Waals surface area contributed by atoms with Crippen molar-refractivity contribution in [2.45, 2.75) is 27.7 Å². The number of carbonyl (C=O) groups excluding carboxylic acids is 1. The first-order chi connectivity index (χ1) is 11.9. The first-order valence-corrected chi connectivity index (χ1v) is 7.92. The molecule has 0 aliphatic heterocycles. The molecule has 3 rings (SSSR count). The molecule has 128 valence electrons. The fourth-order valence-corrected chi connectivity index (χ4v) is 2.45. The van der Waals surface area contributed by atoms with Gasteiger partial charge in [0.05, 0.1) is 23.8 Å². The Bertz CT molecular complexity index is 914. The molecule has 7 nitrogen and oxygen atoms in total. The van der Waals surface area contributed by atoms with Crippen LogP contribution in [0.1, 0.15) is 22.5 Å². The van der Waals surface area contributed by atoms with Crippen LogP contribution in [0.2, 0.25) is 0 Å². The van der Waals surface area contributed by atoms with Crippen LogP contribution in [0.5, 0.6) is 0 Å². The molecule has 0 saturated carbocycles. The molecule has 2 N–H and O–H groups in total. The van der Waals surface area contributed by atoms with E-state index in [9.17, 15) is 4.79 Å². The topological polar surface area (TPSA) is 84.7 Å². The van der Waals surface area contributed by atoms with Gasteiger partial charge in [0.2, 0.25) is 5.95 Å². The molecule has 0 unspecified atom stereocenters. The normalized spacial score (nSPS) is 10.6. The number of anilines is 2. The van der Waals surface area contributed by atoms with Gasteiger partial charge in [-0.1, -0.05) is 17.7 Å². The van der Waals surface area contributed by atoms with E-state index in [1.165, 1.54) is 0 Å². The second-order valence-electron chi connectivity index (χ2n) is 5.95. The van der Waals surface area contributed by atoms with Crippen molar-refractivity contribution in [3.63, 3.8) is 0 Å². The van der Waals surface area contributed by atoms with Gasteiger partial charge in [0.1, 0.15) is 6.33 Å². The van der Waals surface area contributed by atoms with E-state index in [1.54, 1.807) is 23.3 Å². The Morgan fingerprint density at radius 3 is 2.32 bits per heavy atom. The van der Waals surface area contributed by atoms with Crippen molar-refractivity contribution < 1.29 is 4.79 Å². The Morgan fingerprint density at radius 1 is 1.00 bits per heavy atom. The molecule has 0 spiro atoms. The van der Waals surface area contributed by atoms with Gasteiger partial charge in [0, 0.05) is 11.4 Å². The van der Waals surface area contributed by atoms with Gasteiger partial charge in [-0.25, -0.2) is 19.7 Å². The lowest BCUT2D eigenvalue weighted by molar-refractivity contribution is 0.262. The van der Waals surface area contributed by atoms with Crippen LogP contribution in [0.15, 0.2) is 36.9 Å². The minimum atomic E-state index is -0.335. The molecular formula is C18H20N6O. The standard InChI is InChI=1S/C18H20N6O/c1-11-5-6-16(12(2)7-11)23-18(25)22-15-8-19-17(20-9-15)24-10-21-13(3)14(24)4/h5-10H,1-4H3,(H2,22,23,25). The number of rotatable bonds is 3. The average molecular weight is 336 g/mol. The van der Waals surface area contributed by atoms with Crippen LogP contribution in [-0.4, -0.2) is 25.6 Å². The number of imidazole rings is 1. The van der Waals surface area contributed by atoms with Gasteiger partial charge in [-0.3, -0.25) is 4.57 Å². The maximum absolute atomic E-state index is 12.1. The number of aryl methyl sites for hydroxylation is 3. The zero-order chi connectivity index (χ0) is 18.0. The van der Waals surface area contributed by atoms with E-state index in [-0.39, 0.29) is 6.03 Å². The van der Waals surface area contributed by atoms with Crippen molar-refractivity contribution in [3.05, 3.63) is 59.4 Å². The van der Waals surface area contributed by atoms with E-state index < -0.39 is 0 Å². The molecular weight excluding hydrogens is 316 g/mol. The Kier molecular flexibility index (Phi) is 4.47. The highest BCUT2D eigenvalue weighted by Gasteiger charge is 2.09. The smallest absolute Gasteiger partial charge is 0.307 e. The third kappa shape index (κ3) is 3.65. The molecule has 7 heteroatoms. The third-order valence-electron chi connectivity index (χ3n) is 3.99. The zero-order valence-electron chi connectivity index (χ0n) is 14.7. The molecule has 0 radical (unpaired) electrons. The molecule has 0 aliphatic rings. The summed E-state index contributed by atoms with van der Waals surface area (Å²) in [4.78, 5) is 24.9. The second-order valence-corrected chi connectivity index (χ2v) is 5.95. The minimum absolute atomic E-state index is 0.335. The molecule has 0 fully saturated rings. The molecule has 0 aliphatic carbocycles. The van der Waals surface area contributed by atoms with E-state index >= 15 is 0 Å². The Balaban J connectivity index is 1.69. The van der Waals surface area contributed by atoms with Gasteiger partial charge in [-0.05, 0) is 39.3 Å². The van der Waals surface area contributed by atoms with E-state index in [2.05, 4.69) is 25.6 Å². The van der Waals surface area contributed by atoms with Crippen molar-refractivity contribution in [2.24, 2.45) is 0 Å². The fourth-order valence-electron chi connectivity index (χ4n) is 2.45. The van der Waals surface area contributed by atoms with Crippen molar-refractivity contribution in [3.8, 4) is 5.95 Å². The summed E-state index contributed by atoms with van der Waals surface area (Å²) in [6, 6.07) is 5.52. The SMILES string of the molecule is Cc1ccc(NC(=O)Nc2cnc(-n3cnc(C)c3C)nc2)c(C)c1. The Morgan fingerprint density at radius 2 is 1.72 bits per heavy atom. The molecule has 0 atom stereocenters. The summed E-state index contributed by atoms with van der Waals surface area (Å²) >= 11 is 0. The number of nitrogens with zero attached hydrogens (tertiary/aromatic N) is 4. The lowest BCUT2D eigenvalue weighted by Gasteiger charge is -2.10. The summed E-state index contributed by atoms with van der Waals surface area (Å²) in [6.45, 7) is 7.85. The number of nitrogens with one attached hydrogen (secondary N) is 2. The van der Waals surface area contributed by atoms with Gasteiger partial charge in [-0.2, -0.15) is 0 Å². The largest absolute Gasteiger partial charge is 0.323 e. The van der Waals surface area contributed by atoms with Crippen molar-refractivity contribution >= 4 is 17.4 Å². The van der Waals surface area contributed by atoms with Crippen LogP contribution < -0.4 is 10.6 Å². The average Bonchev–Trinajstić information content (AvgIpc) is 2.90. The summed E-state index contributed by atoms with van der Waals surface area (Å²) in [5.41, 5.74) is 5.35. The maximum Gasteiger partial charge on any atom is 0.323 e. The highest BCUT2D eigenvalue weighted by atomic mass is 16.2. The first kappa shape index (κ1) is 16.6. The van der Waals surface area contributed by atoms with E-state index in [4.69, 9.17) is 0 Å².